The number of hydrogen-bond acceptors (Lipinski definition) is 2. The largest absolute Gasteiger partial charge is 0.363 e. The molecular weight excluding hydrogens is 140 g/mol. The molecule has 4 nitrogen and oxygen atoms in total. The third-order valence-electron chi connectivity index (χ3n) is 2.12. The predicted octanol–water partition coefficient (Wildman–Crippen LogP) is -0.581. The minimum Gasteiger partial charge on any atom is -0.363 e. The van der Waals surface area contributed by atoms with Crippen LogP contribution in [0.4, 0.5) is 5.82 Å². The van der Waals surface area contributed by atoms with Gasteiger partial charge in [0.1, 0.15) is 6.04 Å². The molecule has 1 aromatic rings. The molecule has 1 fully saturated rings. The molecular formula is C7H13N4+. The molecule has 0 saturated carbocycles. The van der Waals surface area contributed by atoms with Crippen molar-refractivity contribution in [2.75, 3.05) is 18.8 Å². The highest BCUT2D eigenvalue weighted by atomic mass is 15.1. The summed E-state index contributed by atoms with van der Waals surface area (Å²) in [6.45, 7) is 2.17. The van der Waals surface area contributed by atoms with Gasteiger partial charge in [0.05, 0.1) is 0 Å². The average molecular weight is 153 g/mol. The van der Waals surface area contributed by atoms with E-state index in [1.807, 2.05) is 12.5 Å². The normalized spacial score (nSPS) is 24.2. The van der Waals surface area contributed by atoms with Crippen LogP contribution in [0, 0.1) is 0 Å². The van der Waals surface area contributed by atoms with E-state index in [1.54, 1.807) is 0 Å². The zero-order chi connectivity index (χ0) is 7.68. The Morgan fingerprint density at radius 2 is 2.55 bits per heavy atom. The molecule has 2 heterocycles. The Balaban J connectivity index is 2.15. The molecule has 11 heavy (non-hydrogen) atoms. The second-order valence-electron chi connectivity index (χ2n) is 2.95. The molecule has 4 N–H and O–H groups in total. The molecule has 1 saturated heterocycles. The van der Waals surface area contributed by atoms with E-state index < -0.39 is 0 Å². The fourth-order valence-electron chi connectivity index (χ4n) is 1.49. The lowest BCUT2D eigenvalue weighted by atomic mass is 10.3. The van der Waals surface area contributed by atoms with Crippen LogP contribution in [0.15, 0.2) is 12.5 Å². The van der Waals surface area contributed by atoms with Crippen LogP contribution in [-0.2, 0) is 0 Å². The summed E-state index contributed by atoms with van der Waals surface area (Å²) in [7, 11) is 0. The third-order valence-corrected chi connectivity index (χ3v) is 2.12. The molecule has 0 radical (unpaired) electrons. The Bertz CT molecular complexity index is 236. The Morgan fingerprint density at radius 3 is 3.09 bits per heavy atom. The monoisotopic (exact) mass is 153 g/mol. The second-order valence-corrected chi connectivity index (χ2v) is 2.95. The Kier molecular flexibility index (Phi) is 1.54. The lowest BCUT2D eigenvalue weighted by Gasteiger charge is -2.00. The summed E-state index contributed by atoms with van der Waals surface area (Å²) in [6, 6.07) is 0.587. The fourth-order valence-corrected chi connectivity index (χ4v) is 1.49. The van der Waals surface area contributed by atoms with Gasteiger partial charge in [0.15, 0.2) is 6.20 Å². The van der Waals surface area contributed by atoms with Crippen LogP contribution >= 0.6 is 0 Å². The Labute approximate surface area is 65.4 Å². The number of aromatic nitrogens is 2. The molecule has 1 aliphatic heterocycles. The quantitative estimate of drug-likeness (QED) is 0.473. The summed E-state index contributed by atoms with van der Waals surface area (Å²) in [5.74, 6) is 0.733. The molecule has 1 aromatic heterocycles. The molecule has 0 aromatic carbocycles. The van der Waals surface area contributed by atoms with Crippen molar-refractivity contribution in [3.63, 3.8) is 0 Å². The summed E-state index contributed by atoms with van der Waals surface area (Å²) < 4.78 is 2.13. The van der Waals surface area contributed by atoms with Crippen LogP contribution in [0.3, 0.4) is 0 Å². The van der Waals surface area contributed by atoms with E-state index in [-0.39, 0.29) is 0 Å². The van der Waals surface area contributed by atoms with E-state index >= 15 is 0 Å². The van der Waals surface area contributed by atoms with Crippen molar-refractivity contribution in [2.45, 2.75) is 12.5 Å². The van der Waals surface area contributed by atoms with Crippen molar-refractivity contribution >= 4 is 5.82 Å². The first-order chi connectivity index (χ1) is 5.36. The molecule has 2 rings (SSSR count). The zero-order valence-corrected chi connectivity index (χ0v) is 6.38. The number of nitrogens with zero attached hydrogens (tertiary/aromatic N) is 1. The topological polar surface area (TPSA) is 57.7 Å². The molecule has 0 amide bonds. The van der Waals surface area contributed by atoms with Gasteiger partial charge in [-0.1, -0.05) is 0 Å². The molecule has 1 unspecified atom stereocenters. The van der Waals surface area contributed by atoms with E-state index in [4.69, 9.17) is 5.73 Å². The van der Waals surface area contributed by atoms with Crippen LogP contribution in [0.1, 0.15) is 12.5 Å². The van der Waals surface area contributed by atoms with Gasteiger partial charge in [-0.25, -0.2) is 9.55 Å². The number of aromatic amines is 1. The lowest BCUT2D eigenvalue weighted by molar-refractivity contribution is -0.717. The maximum absolute atomic E-state index is 5.55. The van der Waals surface area contributed by atoms with Crippen molar-refractivity contribution < 1.29 is 4.57 Å². The van der Waals surface area contributed by atoms with Crippen LogP contribution in [0.2, 0.25) is 0 Å². The van der Waals surface area contributed by atoms with E-state index in [0.29, 0.717) is 6.04 Å². The first-order valence-corrected chi connectivity index (χ1v) is 3.91. The van der Waals surface area contributed by atoms with E-state index in [1.165, 1.54) is 6.42 Å². The van der Waals surface area contributed by atoms with Crippen molar-refractivity contribution in [2.24, 2.45) is 0 Å². The Morgan fingerprint density at radius 1 is 1.64 bits per heavy atom. The van der Waals surface area contributed by atoms with Crippen molar-refractivity contribution in [3.05, 3.63) is 12.5 Å². The first kappa shape index (κ1) is 6.67. The number of hydrogen-bond donors (Lipinski definition) is 3. The average Bonchev–Trinajstić information content (AvgIpc) is 2.55. The molecule has 4 heteroatoms. The van der Waals surface area contributed by atoms with Gasteiger partial charge in [-0.15, -0.1) is 0 Å². The smallest absolute Gasteiger partial charge is 0.243 e. The third kappa shape index (κ3) is 1.21. The highest BCUT2D eigenvalue weighted by Crippen LogP contribution is 2.06. The Hall–Kier alpha value is -1.03. The van der Waals surface area contributed by atoms with E-state index in [9.17, 15) is 0 Å². The molecule has 0 bridgehead atoms. The van der Waals surface area contributed by atoms with Crippen LogP contribution in [0.25, 0.3) is 0 Å². The summed E-state index contributed by atoms with van der Waals surface area (Å²) in [5, 5.41) is 3.30. The molecule has 1 aliphatic rings. The van der Waals surface area contributed by atoms with Gasteiger partial charge in [-0.05, 0) is 6.54 Å². The maximum Gasteiger partial charge on any atom is 0.243 e. The van der Waals surface area contributed by atoms with Crippen LogP contribution in [0.5, 0.6) is 0 Å². The van der Waals surface area contributed by atoms with E-state index in [2.05, 4.69) is 14.9 Å². The SMILES string of the molecule is Nc1c[n+](C2CCNC2)c[nH]1. The fraction of sp³-hybridized carbons (Fsp3) is 0.571. The standard InChI is InChI=1S/C7H12N4/c8-7-4-11(5-10-7)6-1-2-9-3-6/h4-6,9H,1-3,8H2/p+1. The summed E-state index contributed by atoms with van der Waals surface area (Å²) in [6.07, 6.45) is 5.06. The minimum atomic E-state index is 0.587. The summed E-state index contributed by atoms with van der Waals surface area (Å²) in [4.78, 5) is 2.96. The number of nitrogen functional groups attached to an aromatic ring is 1. The van der Waals surface area contributed by atoms with Gasteiger partial charge < -0.3 is 11.1 Å². The number of anilines is 1. The van der Waals surface area contributed by atoms with E-state index in [0.717, 1.165) is 18.9 Å². The van der Waals surface area contributed by atoms with Crippen molar-refractivity contribution in [1.82, 2.24) is 10.3 Å². The van der Waals surface area contributed by atoms with Crippen LogP contribution in [-0.4, -0.2) is 18.1 Å². The number of imidazole rings is 1. The van der Waals surface area contributed by atoms with Gasteiger partial charge >= 0.3 is 0 Å². The summed E-state index contributed by atoms with van der Waals surface area (Å²) in [5.41, 5.74) is 5.55. The van der Waals surface area contributed by atoms with Gasteiger partial charge in [0.25, 0.3) is 0 Å². The van der Waals surface area contributed by atoms with Crippen LogP contribution < -0.4 is 15.6 Å². The van der Waals surface area contributed by atoms with Gasteiger partial charge in [-0.2, -0.15) is 0 Å². The first-order valence-electron chi connectivity index (χ1n) is 3.91. The van der Waals surface area contributed by atoms with Gasteiger partial charge in [0, 0.05) is 13.0 Å². The number of nitrogens with one attached hydrogen (secondary N) is 2. The highest BCUT2D eigenvalue weighted by Gasteiger charge is 2.20. The zero-order valence-electron chi connectivity index (χ0n) is 6.38. The van der Waals surface area contributed by atoms with Gasteiger partial charge in [0.2, 0.25) is 12.1 Å². The lowest BCUT2D eigenvalue weighted by Crippen LogP contribution is -2.38. The molecule has 0 aliphatic carbocycles. The van der Waals surface area contributed by atoms with Crippen molar-refractivity contribution in [3.8, 4) is 0 Å². The molecule has 0 spiro atoms. The molecule has 1 atom stereocenters. The van der Waals surface area contributed by atoms with Crippen molar-refractivity contribution in [1.29, 1.82) is 0 Å². The second kappa shape index (κ2) is 2.54. The highest BCUT2D eigenvalue weighted by molar-refractivity contribution is 5.18. The predicted molar refractivity (Wildman–Crippen MR) is 41.9 cm³/mol. The summed E-state index contributed by atoms with van der Waals surface area (Å²) >= 11 is 0. The minimum absolute atomic E-state index is 0.587. The number of nitrogens with two attached hydrogens (primary N) is 1. The molecule has 60 valence electrons. The number of H-pyrrole nitrogens is 1. The van der Waals surface area contributed by atoms with Gasteiger partial charge in [-0.3, -0.25) is 0 Å². The number of rotatable bonds is 1. The maximum atomic E-state index is 5.55.